The normalized spacial score (nSPS) is 28.6. The fraction of sp³-hybridized carbons (Fsp3) is 0.286. The van der Waals surface area contributed by atoms with Crippen LogP contribution in [0.1, 0.15) is 71.6 Å². The molecule has 10 aliphatic rings. The molecule has 8 atom stereocenters. The lowest BCUT2D eigenvalue weighted by molar-refractivity contribution is 0.376. The van der Waals surface area contributed by atoms with Gasteiger partial charge in [-0.2, -0.15) is 42.1 Å². The number of nitriles is 8. The van der Waals surface area contributed by atoms with E-state index in [2.05, 4.69) is 48.6 Å². The molecule has 0 spiro atoms. The van der Waals surface area contributed by atoms with E-state index in [4.69, 9.17) is 0 Å². The fourth-order valence-corrected chi connectivity index (χ4v) is 24.6. The summed E-state index contributed by atoms with van der Waals surface area (Å²) in [5.74, 6) is 0.315. The number of rotatable bonds is 0. The van der Waals surface area contributed by atoms with Crippen LogP contribution in [0.3, 0.4) is 0 Å². The van der Waals surface area contributed by atoms with Crippen LogP contribution >= 0.6 is 94.1 Å². The molecule has 2 saturated carbocycles. The second kappa shape index (κ2) is 14.8. The van der Waals surface area contributed by atoms with Crippen LogP contribution in [0.4, 0.5) is 0 Å². The summed E-state index contributed by atoms with van der Waals surface area (Å²) >= 11 is 15.0. The Hall–Kier alpha value is -4.14. The summed E-state index contributed by atoms with van der Waals surface area (Å²) in [5, 5.41) is 82.7. The van der Waals surface area contributed by atoms with E-state index >= 15 is 0 Å². The van der Waals surface area contributed by atoms with Gasteiger partial charge < -0.3 is 0 Å². The van der Waals surface area contributed by atoms with E-state index in [1.807, 2.05) is 94.1 Å². The lowest BCUT2D eigenvalue weighted by Crippen LogP contribution is -2.48. The zero-order chi connectivity index (χ0) is 40.0. The molecule has 2 fully saturated rings. The van der Waals surface area contributed by atoms with Crippen molar-refractivity contribution in [3.8, 4) is 48.6 Å². The summed E-state index contributed by atoms with van der Waals surface area (Å²) in [4.78, 5) is 0. The van der Waals surface area contributed by atoms with E-state index in [9.17, 15) is 42.1 Å². The molecular formula is C42H20N8S8. The number of nitrogens with zero attached hydrogens (tertiary/aromatic N) is 8. The molecule has 0 saturated heterocycles. The van der Waals surface area contributed by atoms with Crippen LogP contribution in [0, 0.1) is 90.6 Å². The zero-order valence-electron chi connectivity index (χ0n) is 29.6. The van der Waals surface area contributed by atoms with Crippen molar-refractivity contribution in [3.63, 3.8) is 0 Å². The zero-order valence-corrected chi connectivity index (χ0v) is 36.1. The molecule has 6 aliphatic carbocycles. The molecule has 8 unspecified atom stereocenters. The third-order valence-corrected chi connectivity index (χ3v) is 25.5. The van der Waals surface area contributed by atoms with Crippen LogP contribution in [-0.2, 0) is 0 Å². The highest BCUT2D eigenvalue weighted by Crippen LogP contribution is 2.74. The molecule has 0 aromatic heterocycles. The Morgan fingerprint density at radius 1 is 0.345 bits per heavy atom. The van der Waals surface area contributed by atoms with Crippen molar-refractivity contribution in [3.05, 3.63) is 92.8 Å². The molecule has 12 rings (SSSR count). The van der Waals surface area contributed by atoms with E-state index < -0.39 is 0 Å². The van der Waals surface area contributed by atoms with Gasteiger partial charge in [0.15, 0.2) is 0 Å². The Kier molecular flexibility index (Phi) is 9.75. The van der Waals surface area contributed by atoms with Gasteiger partial charge in [-0.05, 0) is 71.6 Å². The van der Waals surface area contributed by atoms with Crippen LogP contribution in [-0.4, -0.2) is 21.0 Å². The summed E-state index contributed by atoms with van der Waals surface area (Å²) in [6.07, 6.45) is 3.68. The molecule has 276 valence electrons. The minimum absolute atomic E-state index is 0.0634. The molecule has 2 aromatic carbocycles. The monoisotopic (exact) mass is 892 g/mol. The maximum absolute atomic E-state index is 9.92. The smallest absolute Gasteiger partial charge is 0.137 e. The van der Waals surface area contributed by atoms with Gasteiger partial charge in [0.05, 0.1) is 25.4 Å². The molecular weight excluding hydrogens is 873 g/mol. The van der Waals surface area contributed by atoms with E-state index in [0.717, 1.165) is 47.9 Å². The topological polar surface area (TPSA) is 190 Å². The fourth-order valence-electron chi connectivity index (χ4n) is 9.94. The molecule has 58 heavy (non-hydrogen) atoms. The first-order valence-corrected chi connectivity index (χ1v) is 24.8. The second-order valence-electron chi connectivity index (χ2n) is 14.4. The maximum atomic E-state index is 9.92. The van der Waals surface area contributed by atoms with Gasteiger partial charge in [-0.1, -0.05) is 71.3 Å². The van der Waals surface area contributed by atoms with Crippen molar-refractivity contribution in [2.45, 2.75) is 70.4 Å². The van der Waals surface area contributed by atoms with Gasteiger partial charge in [0.25, 0.3) is 0 Å². The standard InChI is InChI=1S/C42H20N8S8/c43-9-17(10-44)21-1-2-22(18(11-45)12-46)30-26-6-5-25(29(21)30)33-34(26)52-38-37(51-33)55-41(56-38)42-57-39-40(58-42)54-36-28-8-7-27(35(36)53-39)31-23(19(13-47)14-48)3-4-24(32(28)31)20(15-49)16-50/h1-4,25-28,33-36H,5-8H2. The first-order chi connectivity index (χ1) is 28.4. The summed E-state index contributed by atoms with van der Waals surface area (Å²) in [6.45, 7) is 0. The Balaban J connectivity index is 0.961. The van der Waals surface area contributed by atoms with Crippen molar-refractivity contribution in [2.24, 2.45) is 0 Å². The second-order valence-corrected chi connectivity index (χ2v) is 24.8. The maximum Gasteiger partial charge on any atom is 0.137 e. The van der Waals surface area contributed by atoms with Crippen LogP contribution in [0.15, 0.2) is 49.7 Å². The molecule has 4 aliphatic heterocycles. The third-order valence-electron chi connectivity index (χ3n) is 12.1. The van der Waals surface area contributed by atoms with Gasteiger partial charge in [0, 0.05) is 41.9 Å². The van der Waals surface area contributed by atoms with Crippen molar-refractivity contribution >= 4 is 116 Å². The molecule has 0 radical (unpaired) electrons. The minimum Gasteiger partial charge on any atom is -0.192 e. The van der Waals surface area contributed by atoms with Crippen molar-refractivity contribution in [1.29, 1.82) is 42.1 Å². The van der Waals surface area contributed by atoms with Gasteiger partial charge in [0.2, 0.25) is 0 Å². The van der Waals surface area contributed by atoms with E-state index in [1.165, 1.54) is 25.4 Å². The molecule has 4 bridgehead atoms. The highest BCUT2D eigenvalue weighted by molar-refractivity contribution is 8.45. The average Bonchev–Trinajstić information content (AvgIpc) is 3.88. The highest BCUT2D eigenvalue weighted by atomic mass is 32.3. The Bertz CT molecular complexity index is 2620. The van der Waals surface area contributed by atoms with Gasteiger partial charge in [0.1, 0.15) is 70.8 Å². The van der Waals surface area contributed by atoms with Crippen molar-refractivity contribution in [1.82, 2.24) is 0 Å². The van der Waals surface area contributed by atoms with E-state index in [1.54, 1.807) is 24.3 Å². The van der Waals surface area contributed by atoms with E-state index in [0.29, 0.717) is 20.9 Å². The molecule has 0 amide bonds. The molecule has 4 heterocycles. The molecule has 0 N–H and O–H groups in total. The molecule has 8 nitrogen and oxygen atoms in total. The van der Waals surface area contributed by atoms with Crippen LogP contribution in [0.25, 0.3) is 22.3 Å². The largest absolute Gasteiger partial charge is 0.192 e. The Morgan fingerprint density at radius 2 is 0.552 bits per heavy atom. The number of benzene rings is 2. The first kappa shape index (κ1) is 38.1. The van der Waals surface area contributed by atoms with Crippen molar-refractivity contribution in [2.75, 3.05) is 0 Å². The SMILES string of the molecule is N#CC(C#N)=c1ccc(=C(C#N)C#N)c2c1C1CCC2C2SC3=C(SC(=C4SC5=C(S4)SC4C6CCC(c7c6c(=C(C#N)C#N)ccc7=C(C#N)C#N)C4S5)S3)SC12. The number of fused-ring (bicyclic) bond motifs is 2. The third kappa shape index (κ3) is 5.52. The Labute approximate surface area is 367 Å². The first-order valence-electron chi connectivity index (χ1n) is 18.0. The predicted octanol–water partition coefficient (Wildman–Crippen LogP) is 7.90. The lowest BCUT2D eigenvalue weighted by Gasteiger charge is -2.51. The quantitative estimate of drug-likeness (QED) is 0.248. The van der Waals surface area contributed by atoms with E-state index in [-0.39, 0.29) is 67.0 Å². The lowest BCUT2D eigenvalue weighted by atomic mass is 9.64. The predicted molar refractivity (Wildman–Crippen MR) is 236 cm³/mol. The number of thioether (sulfide) groups is 8. The summed E-state index contributed by atoms with van der Waals surface area (Å²) in [5.41, 5.74) is 4.13. The van der Waals surface area contributed by atoms with Crippen LogP contribution in [0.5, 0.6) is 0 Å². The van der Waals surface area contributed by atoms with Crippen molar-refractivity contribution < 1.29 is 0 Å². The van der Waals surface area contributed by atoms with Crippen LogP contribution in [0.2, 0.25) is 0 Å². The Morgan fingerprint density at radius 3 is 0.741 bits per heavy atom. The summed E-state index contributed by atoms with van der Waals surface area (Å²) in [6, 6.07) is 23.8. The average molecular weight is 893 g/mol. The minimum atomic E-state index is 0.0634. The molecule has 16 heteroatoms. The van der Waals surface area contributed by atoms with Crippen LogP contribution < -0.4 is 20.9 Å². The summed E-state index contributed by atoms with van der Waals surface area (Å²) < 4.78 is 7.67. The summed E-state index contributed by atoms with van der Waals surface area (Å²) in [7, 11) is 0. The number of hydrogen-bond acceptors (Lipinski definition) is 16. The highest BCUT2D eigenvalue weighted by Gasteiger charge is 2.55. The van der Waals surface area contributed by atoms with Gasteiger partial charge in [-0.3, -0.25) is 0 Å². The number of hydrogen-bond donors (Lipinski definition) is 0. The molecule has 2 aromatic rings. The van der Waals surface area contributed by atoms with Gasteiger partial charge in [-0.25, -0.2) is 0 Å². The van der Waals surface area contributed by atoms with Gasteiger partial charge >= 0.3 is 0 Å². The van der Waals surface area contributed by atoms with Gasteiger partial charge in [-0.15, -0.1) is 47.0 Å².